The van der Waals surface area contributed by atoms with Crippen LogP contribution in [0.25, 0.3) is 0 Å². The van der Waals surface area contributed by atoms with Crippen LogP contribution in [0.4, 0.5) is 0 Å². The summed E-state index contributed by atoms with van der Waals surface area (Å²) in [6, 6.07) is 17.9. The van der Waals surface area contributed by atoms with Crippen LogP contribution < -0.4 is 0 Å². The second kappa shape index (κ2) is 6.87. The fourth-order valence-corrected chi connectivity index (χ4v) is 2.86. The van der Waals surface area contributed by atoms with E-state index in [1.54, 1.807) is 62.4 Å². The van der Waals surface area contributed by atoms with Crippen LogP contribution in [-0.2, 0) is 20.4 Å². The Labute approximate surface area is 141 Å². The SMILES string of the molecule is CC(CCC(C)(C(=O)O)c1ccccc1)(C(=O)O)c1ccccc1. The van der Waals surface area contributed by atoms with E-state index in [4.69, 9.17) is 0 Å². The Morgan fingerprint density at radius 3 is 1.25 bits per heavy atom. The van der Waals surface area contributed by atoms with E-state index in [2.05, 4.69) is 0 Å². The maximum Gasteiger partial charge on any atom is 0.313 e. The van der Waals surface area contributed by atoms with E-state index in [-0.39, 0.29) is 12.8 Å². The summed E-state index contributed by atoms with van der Waals surface area (Å²) in [5, 5.41) is 19.5. The van der Waals surface area contributed by atoms with Gasteiger partial charge in [-0.3, -0.25) is 9.59 Å². The normalized spacial score (nSPS) is 15.9. The van der Waals surface area contributed by atoms with Gasteiger partial charge in [0.15, 0.2) is 0 Å². The molecule has 2 aromatic rings. The topological polar surface area (TPSA) is 74.6 Å². The molecule has 2 aromatic carbocycles. The number of hydrogen-bond acceptors (Lipinski definition) is 2. The van der Waals surface area contributed by atoms with E-state index in [9.17, 15) is 19.8 Å². The third-order valence-corrected chi connectivity index (χ3v) is 4.89. The maximum atomic E-state index is 11.9. The van der Waals surface area contributed by atoms with Crippen molar-refractivity contribution in [2.24, 2.45) is 0 Å². The van der Waals surface area contributed by atoms with Crippen molar-refractivity contribution in [3.8, 4) is 0 Å². The average molecular weight is 326 g/mol. The standard InChI is InChI=1S/C20H22O4/c1-19(17(21)22,15-9-5-3-6-10-15)13-14-20(2,18(23)24)16-11-7-4-8-12-16/h3-12H,13-14H2,1-2H3,(H,21,22)(H,23,24). The van der Waals surface area contributed by atoms with E-state index in [0.717, 1.165) is 0 Å². The molecular weight excluding hydrogens is 304 g/mol. The fraction of sp³-hybridized carbons (Fsp3) is 0.300. The molecule has 2 N–H and O–H groups in total. The largest absolute Gasteiger partial charge is 0.481 e. The Morgan fingerprint density at radius 1 is 0.708 bits per heavy atom. The zero-order valence-corrected chi connectivity index (χ0v) is 13.9. The molecule has 0 amide bonds. The van der Waals surface area contributed by atoms with Gasteiger partial charge in [0.05, 0.1) is 10.8 Å². The molecular formula is C20H22O4. The highest BCUT2D eigenvalue weighted by Gasteiger charge is 2.41. The van der Waals surface area contributed by atoms with Crippen molar-refractivity contribution >= 4 is 11.9 Å². The highest BCUT2D eigenvalue weighted by Crippen LogP contribution is 2.37. The van der Waals surface area contributed by atoms with Gasteiger partial charge in [-0.1, -0.05) is 60.7 Å². The Morgan fingerprint density at radius 2 is 1.00 bits per heavy atom. The van der Waals surface area contributed by atoms with Crippen molar-refractivity contribution < 1.29 is 19.8 Å². The van der Waals surface area contributed by atoms with Crippen LogP contribution >= 0.6 is 0 Å². The number of aliphatic carboxylic acids is 2. The summed E-state index contributed by atoms with van der Waals surface area (Å²) in [4.78, 5) is 23.8. The Kier molecular flexibility index (Phi) is 5.07. The smallest absolute Gasteiger partial charge is 0.313 e. The van der Waals surface area contributed by atoms with Crippen molar-refractivity contribution in [2.75, 3.05) is 0 Å². The zero-order valence-electron chi connectivity index (χ0n) is 13.9. The van der Waals surface area contributed by atoms with Crippen LogP contribution in [0.2, 0.25) is 0 Å². The molecule has 126 valence electrons. The van der Waals surface area contributed by atoms with Crippen LogP contribution in [0.3, 0.4) is 0 Å². The highest BCUT2D eigenvalue weighted by molar-refractivity contribution is 5.83. The summed E-state index contributed by atoms with van der Waals surface area (Å²) in [5.41, 5.74) is -0.906. The molecule has 0 radical (unpaired) electrons. The van der Waals surface area contributed by atoms with E-state index >= 15 is 0 Å². The lowest BCUT2D eigenvalue weighted by Crippen LogP contribution is -2.38. The van der Waals surface area contributed by atoms with Gasteiger partial charge < -0.3 is 10.2 Å². The molecule has 0 heterocycles. The zero-order chi connectivity index (χ0) is 17.8. The van der Waals surface area contributed by atoms with Gasteiger partial charge in [0.25, 0.3) is 0 Å². The van der Waals surface area contributed by atoms with Crippen LogP contribution in [0, 0.1) is 0 Å². The van der Waals surface area contributed by atoms with Gasteiger partial charge in [0.1, 0.15) is 0 Å². The molecule has 0 fully saturated rings. The molecule has 0 aliphatic rings. The first kappa shape index (κ1) is 17.7. The van der Waals surface area contributed by atoms with Crippen LogP contribution in [-0.4, -0.2) is 22.2 Å². The number of carboxylic acid groups (broad SMARTS) is 2. The molecule has 4 nitrogen and oxygen atoms in total. The molecule has 2 rings (SSSR count). The minimum absolute atomic E-state index is 0.226. The van der Waals surface area contributed by atoms with Gasteiger partial charge in [-0.15, -0.1) is 0 Å². The lowest BCUT2D eigenvalue weighted by Gasteiger charge is -2.31. The molecule has 2 unspecified atom stereocenters. The first-order valence-electron chi connectivity index (χ1n) is 7.88. The monoisotopic (exact) mass is 326 g/mol. The second-order valence-electron chi connectivity index (χ2n) is 6.51. The molecule has 0 bridgehead atoms. The summed E-state index contributed by atoms with van der Waals surface area (Å²) < 4.78 is 0. The number of carboxylic acids is 2. The lowest BCUT2D eigenvalue weighted by molar-refractivity contribution is -0.147. The third kappa shape index (κ3) is 3.32. The fourth-order valence-electron chi connectivity index (χ4n) is 2.86. The molecule has 0 spiro atoms. The molecule has 0 saturated heterocycles. The van der Waals surface area contributed by atoms with Gasteiger partial charge in [0.2, 0.25) is 0 Å². The predicted molar refractivity (Wildman–Crippen MR) is 92.1 cm³/mol. The first-order valence-corrected chi connectivity index (χ1v) is 7.88. The highest BCUT2D eigenvalue weighted by atomic mass is 16.4. The Bertz CT molecular complexity index is 647. The molecule has 0 aromatic heterocycles. The molecule has 4 heteroatoms. The maximum absolute atomic E-state index is 11.9. The second-order valence-corrected chi connectivity index (χ2v) is 6.51. The molecule has 24 heavy (non-hydrogen) atoms. The van der Waals surface area contributed by atoms with E-state index < -0.39 is 22.8 Å². The summed E-state index contributed by atoms with van der Waals surface area (Å²) in [6.45, 7) is 3.30. The number of benzene rings is 2. The van der Waals surface area contributed by atoms with Crippen molar-refractivity contribution in [1.29, 1.82) is 0 Å². The number of hydrogen-bond donors (Lipinski definition) is 2. The van der Waals surface area contributed by atoms with Crippen molar-refractivity contribution in [1.82, 2.24) is 0 Å². The molecule has 2 atom stereocenters. The lowest BCUT2D eigenvalue weighted by atomic mass is 9.71. The summed E-state index contributed by atoms with van der Waals surface area (Å²) in [5.74, 6) is -1.90. The van der Waals surface area contributed by atoms with E-state index in [1.807, 2.05) is 12.1 Å². The Hall–Kier alpha value is -2.62. The van der Waals surface area contributed by atoms with Crippen LogP contribution in [0.15, 0.2) is 60.7 Å². The van der Waals surface area contributed by atoms with Gasteiger partial charge in [-0.25, -0.2) is 0 Å². The van der Waals surface area contributed by atoms with Crippen LogP contribution in [0.5, 0.6) is 0 Å². The van der Waals surface area contributed by atoms with Gasteiger partial charge in [-0.05, 0) is 37.8 Å². The summed E-state index contributed by atoms with van der Waals surface area (Å²) in [6.07, 6.45) is 0.452. The van der Waals surface area contributed by atoms with Crippen molar-refractivity contribution in [3.63, 3.8) is 0 Å². The summed E-state index contributed by atoms with van der Waals surface area (Å²) in [7, 11) is 0. The van der Waals surface area contributed by atoms with Gasteiger partial charge >= 0.3 is 11.9 Å². The quantitative estimate of drug-likeness (QED) is 0.810. The average Bonchev–Trinajstić information content (AvgIpc) is 2.60. The molecule has 0 aliphatic carbocycles. The van der Waals surface area contributed by atoms with E-state index in [1.165, 1.54) is 0 Å². The molecule has 0 aliphatic heterocycles. The van der Waals surface area contributed by atoms with E-state index in [0.29, 0.717) is 11.1 Å². The van der Waals surface area contributed by atoms with Crippen molar-refractivity contribution in [2.45, 2.75) is 37.5 Å². The number of rotatable bonds is 7. The minimum atomic E-state index is -1.13. The predicted octanol–water partition coefficient (Wildman–Crippen LogP) is 3.85. The van der Waals surface area contributed by atoms with Gasteiger partial charge in [0, 0.05) is 0 Å². The van der Waals surface area contributed by atoms with Gasteiger partial charge in [-0.2, -0.15) is 0 Å². The van der Waals surface area contributed by atoms with Crippen molar-refractivity contribution in [3.05, 3.63) is 71.8 Å². The van der Waals surface area contributed by atoms with Crippen LogP contribution in [0.1, 0.15) is 37.8 Å². The first-order chi connectivity index (χ1) is 11.3. The third-order valence-electron chi connectivity index (χ3n) is 4.89. The Balaban J connectivity index is 2.34. The molecule has 0 saturated carbocycles. The minimum Gasteiger partial charge on any atom is -0.481 e. The summed E-state index contributed by atoms with van der Waals surface area (Å²) >= 11 is 0. The number of carbonyl (C=O) groups is 2.